The zero-order valence-corrected chi connectivity index (χ0v) is 21.6. The molecule has 1 aliphatic heterocycles. The van der Waals surface area contributed by atoms with Crippen molar-refractivity contribution in [2.75, 3.05) is 18.6 Å². The Morgan fingerprint density at radius 3 is 2.18 bits per heavy atom. The van der Waals surface area contributed by atoms with Gasteiger partial charge in [0.15, 0.2) is 0 Å². The number of nitrogens with zero attached hydrogens (tertiary/aromatic N) is 1. The molecule has 1 heterocycles. The van der Waals surface area contributed by atoms with E-state index in [9.17, 15) is 24.6 Å². The number of ether oxygens (including phenoxy) is 2. The molecule has 196 valence electrons. The Morgan fingerprint density at radius 2 is 1.61 bits per heavy atom. The first-order chi connectivity index (χ1) is 18.2. The first-order valence-electron chi connectivity index (χ1n) is 12.2. The molecule has 1 fully saturated rings. The highest BCUT2D eigenvalue weighted by Crippen LogP contribution is 2.43. The number of rotatable bonds is 7. The molecule has 8 heteroatoms. The molecular weight excluding hydrogens is 486 g/mol. The normalized spacial score (nSPS) is 16.7. The third-order valence-corrected chi connectivity index (χ3v) is 6.44. The number of hydrogen-bond donors (Lipinski definition) is 2. The van der Waals surface area contributed by atoms with Gasteiger partial charge in [0.25, 0.3) is 11.7 Å². The average Bonchev–Trinajstić information content (AvgIpc) is 3.18. The summed E-state index contributed by atoms with van der Waals surface area (Å²) in [6.07, 6.45) is 0. The van der Waals surface area contributed by atoms with Crippen molar-refractivity contribution < 1.29 is 34.1 Å². The molecule has 1 aliphatic rings. The van der Waals surface area contributed by atoms with Crippen LogP contribution in [0.2, 0.25) is 0 Å². The molecule has 0 aromatic heterocycles. The largest absolute Gasteiger partial charge is 0.508 e. The van der Waals surface area contributed by atoms with Crippen LogP contribution >= 0.6 is 0 Å². The van der Waals surface area contributed by atoms with Gasteiger partial charge in [0.05, 0.1) is 30.9 Å². The molecular formula is C30H29NO7. The molecule has 38 heavy (non-hydrogen) atoms. The number of amides is 1. The van der Waals surface area contributed by atoms with Gasteiger partial charge in [0, 0.05) is 11.3 Å². The third kappa shape index (κ3) is 4.85. The maximum Gasteiger partial charge on any atom is 0.338 e. The first-order valence-corrected chi connectivity index (χ1v) is 12.2. The summed E-state index contributed by atoms with van der Waals surface area (Å²) in [4.78, 5) is 40.1. The molecule has 0 bridgehead atoms. The van der Waals surface area contributed by atoms with E-state index in [0.29, 0.717) is 28.1 Å². The zero-order chi connectivity index (χ0) is 27.6. The maximum atomic E-state index is 13.4. The van der Waals surface area contributed by atoms with E-state index < -0.39 is 23.7 Å². The van der Waals surface area contributed by atoms with Crippen molar-refractivity contribution in [2.24, 2.45) is 0 Å². The van der Waals surface area contributed by atoms with Crippen molar-refractivity contribution in [1.82, 2.24) is 0 Å². The fraction of sp³-hybridized carbons (Fsp3) is 0.233. The van der Waals surface area contributed by atoms with Gasteiger partial charge in [-0.1, -0.05) is 26.0 Å². The molecule has 3 aromatic carbocycles. The quantitative estimate of drug-likeness (QED) is 0.189. The smallest absolute Gasteiger partial charge is 0.338 e. The van der Waals surface area contributed by atoms with Crippen LogP contribution in [0.1, 0.15) is 59.8 Å². The number of aromatic hydroxyl groups is 1. The van der Waals surface area contributed by atoms with Crippen LogP contribution in [0, 0.1) is 0 Å². The van der Waals surface area contributed by atoms with Crippen molar-refractivity contribution in [3.8, 4) is 11.5 Å². The number of phenols is 1. The van der Waals surface area contributed by atoms with Crippen molar-refractivity contribution in [2.45, 2.75) is 32.7 Å². The minimum Gasteiger partial charge on any atom is -0.508 e. The number of carbonyl (C=O) groups excluding carboxylic acids is 3. The summed E-state index contributed by atoms with van der Waals surface area (Å²) in [5.74, 6) is -1.77. The number of aliphatic hydroxyl groups is 1. The summed E-state index contributed by atoms with van der Waals surface area (Å²) < 4.78 is 10.5. The van der Waals surface area contributed by atoms with E-state index in [-0.39, 0.29) is 29.6 Å². The molecule has 1 amide bonds. The Morgan fingerprint density at radius 1 is 0.974 bits per heavy atom. The minimum atomic E-state index is -0.978. The van der Waals surface area contributed by atoms with Gasteiger partial charge in [-0.05, 0) is 78.6 Å². The molecule has 2 N–H and O–H groups in total. The highest BCUT2D eigenvalue weighted by atomic mass is 16.5. The summed E-state index contributed by atoms with van der Waals surface area (Å²) >= 11 is 0. The van der Waals surface area contributed by atoms with Crippen LogP contribution in [-0.2, 0) is 14.3 Å². The molecule has 4 rings (SSSR count). The molecule has 1 atom stereocenters. The lowest BCUT2D eigenvalue weighted by Gasteiger charge is -2.25. The van der Waals surface area contributed by atoms with E-state index in [2.05, 4.69) is 0 Å². The van der Waals surface area contributed by atoms with E-state index in [1.54, 1.807) is 56.5 Å². The summed E-state index contributed by atoms with van der Waals surface area (Å²) in [7, 11) is 1.56. The molecule has 0 radical (unpaired) electrons. The van der Waals surface area contributed by atoms with Crippen molar-refractivity contribution in [1.29, 1.82) is 0 Å². The van der Waals surface area contributed by atoms with Crippen LogP contribution in [-0.4, -0.2) is 41.6 Å². The molecule has 8 nitrogen and oxygen atoms in total. The van der Waals surface area contributed by atoms with E-state index in [4.69, 9.17) is 9.47 Å². The van der Waals surface area contributed by atoms with Gasteiger partial charge in [-0.15, -0.1) is 0 Å². The summed E-state index contributed by atoms with van der Waals surface area (Å²) in [5, 5.41) is 21.3. The Kier molecular flexibility index (Phi) is 7.52. The van der Waals surface area contributed by atoms with Gasteiger partial charge >= 0.3 is 5.97 Å². The third-order valence-electron chi connectivity index (χ3n) is 6.44. The minimum absolute atomic E-state index is 0.0150. The second kappa shape index (κ2) is 10.8. The fourth-order valence-corrected chi connectivity index (χ4v) is 4.53. The molecule has 3 aromatic rings. The van der Waals surface area contributed by atoms with E-state index in [1.807, 2.05) is 13.8 Å². The monoisotopic (exact) mass is 515 g/mol. The van der Waals surface area contributed by atoms with Crippen molar-refractivity contribution in [3.05, 3.63) is 94.6 Å². The fourth-order valence-electron chi connectivity index (χ4n) is 4.53. The molecule has 0 aliphatic carbocycles. The molecule has 0 saturated carbocycles. The Bertz CT molecular complexity index is 1410. The summed E-state index contributed by atoms with van der Waals surface area (Å²) in [5.41, 5.74) is 2.28. The van der Waals surface area contributed by atoms with Crippen LogP contribution in [0.5, 0.6) is 11.5 Å². The number of phenolic OH excluding ortho intramolecular Hbond substituents is 1. The van der Waals surface area contributed by atoms with Gasteiger partial charge in [0.2, 0.25) is 0 Å². The van der Waals surface area contributed by atoms with Crippen LogP contribution in [0.4, 0.5) is 5.69 Å². The number of methoxy groups -OCH3 is 1. The number of ketones is 1. The van der Waals surface area contributed by atoms with E-state index in [1.165, 1.54) is 29.2 Å². The number of Topliss-reactive ketones (excluding diaryl/α,β-unsaturated/α-hetero) is 1. The second-order valence-electron chi connectivity index (χ2n) is 9.14. The lowest BCUT2D eigenvalue weighted by Crippen LogP contribution is -2.29. The van der Waals surface area contributed by atoms with Crippen molar-refractivity contribution in [3.63, 3.8) is 0 Å². The van der Waals surface area contributed by atoms with Crippen LogP contribution in [0.25, 0.3) is 5.76 Å². The van der Waals surface area contributed by atoms with Crippen LogP contribution < -0.4 is 9.64 Å². The topological polar surface area (TPSA) is 113 Å². The standard InChI is InChI=1S/C30H29NO7/c1-5-38-30(36)19-6-11-21(12-7-19)31-26(18-8-13-22(32)14-9-18)25(28(34)29(31)35)27(33)20-10-15-24(37-4)23(16-20)17(2)3/h6-17,26,32-33H,5H2,1-4H3/b27-25-. The zero-order valence-electron chi connectivity index (χ0n) is 21.6. The highest BCUT2D eigenvalue weighted by Gasteiger charge is 2.47. The van der Waals surface area contributed by atoms with Gasteiger partial charge in [0.1, 0.15) is 17.3 Å². The van der Waals surface area contributed by atoms with Crippen molar-refractivity contribution >= 4 is 29.1 Å². The number of esters is 1. The van der Waals surface area contributed by atoms with Gasteiger partial charge in [-0.2, -0.15) is 0 Å². The average molecular weight is 516 g/mol. The lowest BCUT2D eigenvalue weighted by atomic mass is 9.93. The summed E-state index contributed by atoms with van der Waals surface area (Å²) in [6.45, 7) is 5.89. The Balaban J connectivity index is 1.88. The highest BCUT2D eigenvalue weighted by molar-refractivity contribution is 6.51. The second-order valence-corrected chi connectivity index (χ2v) is 9.14. The number of anilines is 1. The van der Waals surface area contributed by atoms with Gasteiger partial charge < -0.3 is 19.7 Å². The number of aliphatic hydroxyl groups excluding tert-OH is 1. The predicted octanol–water partition coefficient (Wildman–Crippen LogP) is 5.33. The van der Waals surface area contributed by atoms with E-state index >= 15 is 0 Å². The number of carbonyl (C=O) groups is 3. The van der Waals surface area contributed by atoms with E-state index in [0.717, 1.165) is 5.56 Å². The predicted molar refractivity (Wildman–Crippen MR) is 142 cm³/mol. The van der Waals surface area contributed by atoms with Gasteiger partial charge in [-0.3, -0.25) is 14.5 Å². The Labute approximate surface area is 220 Å². The first kappa shape index (κ1) is 26.5. The lowest BCUT2D eigenvalue weighted by molar-refractivity contribution is -0.132. The number of benzene rings is 3. The van der Waals surface area contributed by atoms with Gasteiger partial charge in [-0.25, -0.2) is 4.79 Å². The molecule has 1 saturated heterocycles. The number of hydrogen-bond acceptors (Lipinski definition) is 7. The Hall–Kier alpha value is -4.59. The van der Waals surface area contributed by atoms with Crippen LogP contribution in [0.15, 0.2) is 72.3 Å². The maximum absolute atomic E-state index is 13.4. The molecule has 0 spiro atoms. The molecule has 1 unspecified atom stereocenters. The van der Waals surface area contributed by atoms with Crippen LogP contribution in [0.3, 0.4) is 0 Å². The SMILES string of the molecule is CCOC(=O)c1ccc(N2C(=O)C(=O)/C(=C(\O)c3ccc(OC)c(C(C)C)c3)C2c2ccc(O)cc2)cc1. The summed E-state index contributed by atoms with van der Waals surface area (Å²) in [6, 6.07) is 16.3.